The van der Waals surface area contributed by atoms with E-state index in [1.165, 1.54) is 30.5 Å². The minimum absolute atomic E-state index is 0.00747. The van der Waals surface area contributed by atoms with Gasteiger partial charge in [-0.15, -0.1) is 0 Å². The number of fused-ring (bicyclic) bond motifs is 1. The van der Waals surface area contributed by atoms with Crippen molar-refractivity contribution >= 4 is 21.9 Å². The number of primary sulfonamides is 1. The summed E-state index contributed by atoms with van der Waals surface area (Å²) < 4.78 is 22.5. The Morgan fingerprint density at radius 1 is 1.05 bits per heavy atom. The highest BCUT2D eigenvalue weighted by molar-refractivity contribution is 7.89. The van der Waals surface area contributed by atoms with Crippen LogP contribution < -0.4 is 5.14 Å². The van der Waals surface area contributed by atoms with Crippen LogP contribution in [0.5, 0.6) is 0 Å². The molecule has 0 aromatic heterocycles. The average Bonchev–Trinajstić information content (AvgIpc) is 2.78. The monoisotopic (exact) mass is 288 g/mol. The molecule has 5 nitrogen and oxygen atoms in total. The minimum atomic E-state index is -3.74. The molecule has 1 unspecified atom stereocenters. The summed E-state index contributed by atoms with van der Waals surface area (Å²) in [7, 11) is -3.74. The van der Waals surface area contributed by atoms with Crippen molar-refractivity contribution < 1.29 is 13.5 Å². The number of para-hydroxylation sites is 1. The number of hydrogen-bond acceptors (Lipinski definition) is 4. The van der Waals surface area contributed by atoms with Crippen LogP contribution in [-0.4, -0.2) is 19.7 Å². The molecule has 1 aliphatic heterocycles. The van der Waals surface area contributed by atoms with Crippen molar-refractivity contribution in [2.24, 2.45) is 10.1 Å². The van der Waals surface area contributed by atoms with Gasteiger partial charge in [0.05, 0.1) is 10.6 Å². The van der Waals surface area contributed by atoms with Crippen molar-refractivity contribution in [3.8, 4) is 0 Å². The zero-order valence-corrected chi connectivity index (χ0v) is 11.2. The molecule has 1 heterocycles. The normalized spacial score (nSPS) is 20.9. The lowest BCUT2D eigenvalue weighted by Crippen LogP contribution is -2.26. The molecule has 102 valence electrons. The highest BCUT2D eigenvalue weighted by Gasteiger charge is 2.35. The number of benzene rings is 2. The molecule has 0 amide bonds. The molecule has 0 radical (unpaired) electrons. The molecule has 0 fully saturated rings. The summed E-state index contributed by atoms with van der Waals surface area (Å²) in [5, 5.41) is 15.8. The van der Waals surface area contributed by atoms with E-state index in [-0.39, 0.29) is 4.90 Å². The van der Waals surface area contributed by atoms with Gasteiger partial charge in [-0.2, -0.15) is 0 Å². The van der Waals surface area contributed by atoms with E-state index in [0.717, 1.165) is 0 Å². The lowest BCUT2D eigenvalue weighted by Gasteiger charge is -2.21. The van der Waals surface area contributed by atoms with E-state index in [1.54, 1.807) is 6.07 Å². The first-order valence-corrected chi connectivity index (χ1v) is 7.46. The summed E-state index contributed by atoms with van der Waals surface area (Å²) >= 11 is 0. The Kier molecular flexibility index (Phi) is 2.75. The average molecular weight is 288 g/mol. The topological polar surface area (TPSA) is 92.8 Å². The number of nitrogens with zero attached hydrogens (tertiary/aromatic N) is 1. The third kappa shape index (κ3) is 1.94. The highest BCUT2D eigenvalue weighted by Crippen LogP contribution is 2.39. The Labute approximate surface area is 116 Å². The second-order valence-corrected chi connectivity index (χ2v) is 6.17. The van der Waals surface area contributed by atoms with Gasteiger partial charge in [0.1, 0.15) is 0 Å². The highest BCUT2D eigenvalue weighted by atomic mass is 32.2. The van der Waals surface area contributed by atoms with Gasteiger partial charge >= 0.3 is 0 Å². The van der Waals surface area contributed by atoms with Crippen LogP contribution in [0, 0.1) is 0 Å². The predicted octanol–water partition coefficient (Wildman–Crippen LogP) is 1.29. The second-order valence-electron chi connectivity index (χ2n) is 4.61. The smallest absolute Gasteiger partial charge is 0.238 e. The summed E-state index contributed by atoms with van der Waals surface area (Å²) in [6, 6.07) is 13.1. The van der Waals surface area contributed by atoms with E-state index in [2.05, 4.69) is 4.99 Å². The molecule has 3 N–H and O–H groups in total. The standard InChI is InChI=1S/C14H12N2O3S/c15-20(18,19)11-7-5-10(6-8-11)14(17)9-16-13-4-2-1-3-12(13)14/h1-9,17H,(H2,15,18,19). The molecule has 0 spiro atoms. The van der Waals surface area contributed by atoms with Crippen LogP contribution in [0.25, 0.3) is 0 Å². The summed E-state index contributed by atoms with van der Waals surface area (Å²) in [6.07, 6.45) is 1.45. The van der Waals surface area contributed by atoms with Crippen LogP contribution in [-0.2, 0) is 15.6 Å². The van der Waals surface area contributed by atoms with Gasteiger partial charge in [0.25, 0.3) is 0 Å². The lowest BCUT2D eigenvalue weighted by atomic mass is 9.88. The Balaban J connectivity index is 2.09. The van der Waals surface area contributed by atoms with E-state index in [0.29, 0.717) is 16.8 Å². The molecule has 20 heavy (non-hydrogen) atoms. The van der Waals surface area contributed by atoms with Crippen molar-refractivity contribution in [3.05, 3.63) is 59.7 Å². The number of rotatable bonds is 2. The van der Waals surface area contributed by atoms with E-state index < -0.39 is 15.6 Å². The van der Waals surface area contributed by atoms with Gasteiger partial charge < -0.3 is 5.11 Å². The van der Waals surface area contributed by atoms with Gasteiger partial charge in [-0.1, -0.05) is 30.3 Å². The Bertz CT molecular complexity index is 797. The maximum absolute atomic E-state index is 11.2. The molecule has 0 aliphatic carbocycles. The Morgan fingerprint density at radius 3 is 2.35 bits per heavy atom. The maximum atomic E-state index is 11.2. The minimum Gasteiger partial charge on any atom is -0.375 e. The number of nitrogens with two attached hydrogens (primary N) is 1. The zero-order chi connectivity index (χ0) is 14.4. The van der Waals surface area contributed by atoms with Gasteiger partial charge in [-0.25, -0.2) is 13.6 Å². The van der Waals surface area contributed by atoms with Crippen molar-refractivity contribution in [3.63, 3.8) is 0 Å². The van der Waals surface area contributed by atoms with Gasteiger partial charge in [0, 0.05) is 11.8 Å². The lowest BCUT2D eigenvalue weighted by molar-refractivity contribution is 0.165. The zero-order valence-electron chi connectivity index (χ0n) is 10.4. The third-order valence-electron chi connectivity index (χ3n) is 3.33. The Hall–Kier alpha value is -2.02. The third-order valence-corrected chi connectivity index (χ3v) is 4.26. The van der Waals surface area contributed by atoms with Crippen LogP contribution >= 0.6 is 0 Å². The van der Waals surface area contributed by atoms with Gasteiger partial charge in [-0.3, -0.25) is 4.99 Å². The molecular formula is C14H12N2O3S. The molecule has 2 aromatic rings. The Morgan fingerprint density at radius 2 is 1.70 bits per heavy atom. The summed E-state index contributed by atoms with van der Waals surface area (Å²) in [5.41, 5.74) is 0.570. The molecule has 1 atom stereocenters. The van der Waals surface area contributed by atoms with E-state index in [4.69, 9.17) is 5.14 Å². The van der Waals surface area contributed by atoms with Crippen molar-refractivity contribution in [1.82, 2.24) is 0 Å². The first kappa shape index (κ1) is 13.0. The second kappa shape index (κ2) is 4.24. The molecule has 0 saturated carbocycles. The van der Waals surface area contributed by atoms with Crippen LogP contribution in [0.2, 0.25) is 0 Å². The number of sulfonamides is 1. The summed E-state index contributed by atoms with van der Waals surface area (Å²) in [5.74, 6) is 0. The summed E-state index contributed by atoms with van der Waals surface area (Å²) in [4.78, 5) is 4.19. The van der Waals surface area contributed by atoms with E-state index >= 15 is 0 Å². The van der Waals surface area contributed by atoms with Gasteiger partial charge in [0.15, 0.2) is 5.60 Å². The number of aliphatic hydroxyl groups is 1. The van der Waals surface area contributed by atoms with Crippen molar-refractivity contribution in [2.45, 2.75) is 10.5 Å². The largest absolute Gasteiger partial charge is 0.375 e. The van der Waals surface area contributed by atoms with Crippen LogP contribution in [0.1, 0.15) is 11.1 Å². The molecule has 2 aromatic carbocycles. The van der Waals surface area contributed by atoms with Crippen LogP contribution in [0.4, 0.5) is 5.69 Å². The molecule has 6 heteroatoms. The fourth-order valence-corrected chi connectivity index (χ4v) is 2.79. The first-order chi connectivity index (χ1) is 9.41. The first-order valence-electron chi connectivity index (χ1n) is 5.92. The van der Waals surface area contributed by atoms with E-state index in [1.807, 2.05) is 18.2 Å². The summed E-state index contributed by atoms with van der Waals surface area (Å²) in [6.45, 7) is 0. The van der Waals surface area contributed by atoms with Crippen molar-refractivity contribution in [1.29, 1.82) is 0 Å². The van der Waals surface area contributed by atoms with Gasteiger partial charge in [-0.05, 0) is 23.8 Å². The predicted molar refractivity (Wildman–Crippen MR) is 75.4 cm³/mol. The maximum Gasteiger partial charge on any atom is 0.238 e. The fraction of sp³-hybridized carbons (Fsp3) is 0.0714. The molecule has 1 aliphatic rings. The quantitative estimate of drug-likeness (QED) is 0.872. The van der Waals surface area contributed by atoms with Gasteiger partial charge in [0.2, 0.25) is 10.0 Å². The van der Waals surface area contributed by atoms with Crippen molar-refractivity contribution in [2.75, 3.05) is 0 Å². The molecule has 0 saturated heterocycles. The molecule has 0 bridgehead atoms. The molecular weight excluding hydrogens is 276 g/mol. The fourth-order valence-electron chi connectivity index (χ4n) is 2.27. The molecule has 3 rings (SSSR count). The number of aliphatic imine (C=N–C) groups is 1. The van der Waals surface area contributed by atoms with E-state index in [9.17, 15) is 13.5 Å². The number of hydrogen-bond donors (Lipinski definition) is 2. The van der Waals surface area contributed by atoms with Crippen LogP contribution in [0.15, 0.2) is 58.4 Å². The van der Waals surface area contributed by atoms with Crippen LogP contribution in [0.3, 0.4) is 0 Å². The SMILES string of the molecule is NS(=O)(=O)c1ccc(C2(O)C=Nc3ccccc32)cc1.